The molecule has 0 saturated carbocycles. The Hall–Kier alpha value is -3.29. The fourth-order valence-electron chi connectivity index (χ4n) is 2.97. The summed E-state index contributed by atoms with van der Waals surface area (Å²) in [5.41, 5.74) is 9.89. The van der Waals surface area contributed by atoms with E-state index in [9.17, 15) is 8.78 Å². The monoisotopic (exact) mass is 354 g/mol. The third-order valence-electron chi connectivity index (χ3n) is 4.11. The molecule has 0 fully saturated rings. The molecule has 6 nitrogen and oxygen atoms in total. The van der Waals surface area contributed by atoms with E-state index >= 15 is 0 Å². The Balaban J connectivity index is 1.94. The van der Waals surface area contributed by atoms with Crippen molar-refractivity contribution in [1.82, 2.24) is 23.9 Å². The Kier molecular flexibility index (Phi) is 3.87. The Morgan fingerprint density at radius 1 is 1.15 bits per heavy atom. The van der Waals surface area contributed by atoms with E-state index in [2.05, 4.69) is 15.0 Å². The van der Waals surface area contributed by atoms with E-state index in [4.69, 9.17) is 5.73 Å². The van der Waals surface area contributed by atoms with Crippen LogP contribution in [0.2, 0.25) is 0 Å². The predicted octanol–water partition coefficient (Wildman–Crippen LogP) is 3.42. The average molecular weight is 354 g/mol. The number of nitrogens with zero attached hydrogens (tertiary/aromatic N) is 5. The highest BCUT2D eigenvalue weighted by atomic mass is 19.3. The molecule has 0 amide bonds. The molecular formula is C18H16F2N6. The molecular weight excluding hydrogens is 338 g/mol. The van der Waals surface area contributed by atoms with Crippen molar-refractivity contribution in [2.45, 2.75) is 19.9 Å². The van der Waals surface area contributed by atoms with Gasteiger partial charge in [0.1, 0.15) is 17.2 Å². The minimum Gasteiger partial charge on any atom is -0.383 e. The van der Waals surface area contributed by atoms with Crippen LogP contribution in [0.15, 0.2) is 49.1 Å². The summed E-state index contributed by atoms with van der Waals surface area (Å²) < 4.78 is 29.3. The lowest BCUT2D eigenvalue weighted by atomic mass is 10.1. The van der Waals surface area contributed by atoms with Crippen molar-refractivity contribution < 1.29 is 8.78 Å². The average Bonchev–Trinajstić information content (AvgIpc) is 3.18. The molecule has 0 saturated heterocycles. The lowest BCUT2D eigenvalue weighted by Crippen LogP contribution is -2.07. The van der Waals surface area contributed by atoms with Crippen molar-refractivity contribution in [3.63, 3.8) is 0 Å². The van der Waals surface area contributed by atoms with Crippen molar-refractivity contribution in [1.29, 1.82) is 0 Å². The van der Waals surface area contributed by atoms with Crippen LogP contribution in [0.5, 0.6) is 0 Å². The van der Waals surface area contributed by atoms with E-state index in [1.807, 2.05) is 31.2 Å². The van der Waals surface area contributed by atoms with Crippen LogP contribution < -0.4 is 5.73 Å². The van der Waals surface area contributed by atoms with Gasteiger partial charge in [0, 0.05) is 17.5 Å². The Labute approximate surface area is 148 Å². The van der Waals surface area contributed by atoms with Gasteiger partial charge in [-0.05, 0) is 31.2 Å². The molecule has 4 aromatic rings. The van der Waals surface area contributed by atoms with E-state index in [0.29, 0.717) is 34.1 Å². The van der Waals surface area contributed by atoms with Gasteiger partial charge >= 0.3 is 0 Å². The normalized spacial score (nSPS) is 11.5. The maximum Gasteiger partial charge on any atom is 0.256 e. The van der Waals surface area contributed by atoms with Gasteiger partial charge in [-0.15, -0.1) is 0 Å². The maximum absolute atomic E-state index is 13.1. The zero-order valence-corrected chi connectivity index (χ0v) is 14.0. The molecule has 0 aromatic carbocycles. The van der Waals surface area contributed by atoms with Crippen molar-refractivity contribution in [3.05, 3.63) is 54.7 Å². The van der Waals surface area contributed by atoms with Crippen LogP contribution in [0.1, 0.15) is 5.69 Å². The van der Waals surface area contributed by atoms with Crippen molar-refractivity contribution in [3.8, 4) is 22.6 Å². The number of hydrogen-bond acceptors (Lipinski definition) is 4. The summed E-state index contributed by atoms with van der Waals surface area (Å²) in [5, 5.41) is 0. The van der Waals surface area contributed by atoms with Gasteiger partial charge in [0.25, 0.3) is 6.43 Å². The van der Waals surface area contributed by atoms with Crippen LogP contribution in [-0.2, 0) is 6.54 Å². The molecule has 0 unspecified atom stereocenters. The topological polar surface area (TPSA) is 74.0 Å². The van der Waals surface area contributed by atoms with Gasteiger partial charge in [0.05, 0.1) is 30.5 Å². The standard InChI is InChI=1S/C18H16F2N6/c1-11-3-2-4-13(24-11)17-18(25(10-23-17)9-14(19)20)12-5-6-16-22-7-15(21)26(16)8-12/h2-8,10,14H,9,21H2,1H3. The molecule has 0 bridgehead atoms. The number of hydrogen-bond donors (Lipinski definition) is 1. The minimum atomic E-state index is -2.50. The second-order valence-electron chi connectivity index (χ2n) is 5.98. The highest BCUT2D eigenvalue weighted by molar-refractivity contribution is 5.77. The Morgan fingerprint density at radius 3 is 2.77 bits per heavy atom. The van der Waals surface area contributed by atoms with Gasteiger partial charge in [-0.25, -0.2) is 18.7 Å². The zero-order valence-electron chi connectivity index (χ0n) is 14.0. The van der Waals surface area contributed by atoms with Gasteiger partial charge < -0.3 is 10.3 Å². The smallest absolute Gasteiger partial charge is 0.256 e. The number of aromatic nitrogens is 5. The van der Waals surface area contributed by atoms with Gasteiger partial charge in [-0.1, -0.05) is 6.07 Å². The number of imidazole rings is 2. The highest BCUT2D eigenvalue weighted by Gasteiger charge is 2.19. The number of rotatable bonds is 4. The lowest BCUT2D eigenvalue weighted by molar-refractivity contribution is 0.127. The van der Waals surface area contributed by atoms with E-state index in [1.54, 1.807) is 22.9 Å². The summed E-state index contributed by atoms with van der Waals surface area (Å²) in [4.78, 5) is 13.0. The molecule has 0 atom stereocenters. The predicted molar refractivity (Wildman–Crippen MR) is 94.8 cm³/mol. The fraction of sp³-hybridized carbons (Fsp3) is 0.167. The first-order chi connectivity index (χ1) is 12.5. The van der Waals surface area contributed by atoms with Gasteiger partial charge in [0.15, 0.2) is 0 Å². The summed E-state index contributed by atoms with van der Waals surface area (Å²) in [6, 6.07) is 9.16. The summed E-state index contributed by atoms with van der Waals surface area (Å²) >= 11 is 0. The number of anilines is 1. The first kappa shape index (κ1) is 16.2. The first-order valence-electron chi connectivity index (χ1n) is 8.03. The van der Waals surface area contributed by atoms with E-state index in [1.165, 1.54) is 10.9 Å². The third kappa shape index (κ3) is 2.79. The lowest BCUT2D eigenvalue weighted by Gasteiger charge is -2.11. The van der Waals surface area contributed by atoms with Crippen LogP contribution in [0, 0.1) is 6.92 Å². The van der Waals surface area contributed by atoms with Crippen LogP contribution in [-0.4, -0.2) is 30.3 Å². The number of alkyl halides is 2. The fourth-order valence-corrected chi connectivity index (χ4v) is 2.97. The largest absolute Gasteiger partial charge is 0.383 e. The SMILES string of the molecule is Cc1cccc(-c2ncn(CC(F)F)c2-c2ccc3ncc(N)n3c2)n1. The molecule has 0 spiro atoms. The number of aryl methyl sites for hydroxylation is 1. The number of halogens is 2. The van der Waals surface area contributed by atoms with Crippen molar-refractivity contribution >= 4 is 11.5 Å². The van der Waals surface area contributed by atoms with E-state index in [0.717, 1.165) is 5.69 Å². The number of fused-ring (bicyclic) bond motifs is 1. The molecule has 2 N–H and O–H groups in total. The second kappa shape index (κ2) is 6.21. The molecule has 26 heavy (non-hydrogen) atoms. The molecule has 4 rings (SSSR count). The van der Waals surface area contributed by atoms with Crippen molar-refractivity contribution in [2.75, 3.05) is 5.73 Å². The number of pyridine rings is 2. The molecule has 4 heterocycles. The summed E-state index contributed by atoms with van der Waals surface area (Å²) in [6.45, 7) is 1.42. The highest BCUT2D eigenvalue weighted by Crippen LogP contribution is 2.31. The number of nitrogens with two attached hydrogens (primary N) is 1. The molecule has 0 aliphatic carbocycles. The molecule has 8 heteroatoms. The van der Waals surface area contributed by atoms with E-state index < -0.39 is 13.0 Å². The van der Waals surface area contributed by atoms with Gasteiger partial charge in [-0.2, -0.15) is 0 Å². The molecule has 132 valence electrons. The molecule has 0 aliphatic rings. The van der Waals surface area contributed by atoms with E-state index in [-0.39, 0.29) is 0 Å². The molecule has 0 radical (unpaired) electrons. The van der Waals surface area contributed by atoms with Crippen LogP contribution in [0.3, 0.4) is 0 Å². The maximum atomic E-state index is 13.1. The quantitative estimate of drug-likeness (QED) is 0.609. The molecule has 4 aromatic heterocycles. The summed E-state index contributed by atoms with van der Waals surface area (Å²) in [6.07, 6.45) is 2.25. The molecule has 0 aliphatic heterocycles. The first-order valence-corrected chi connectivity index (χ1v) is 8.03. The van der Waals surface area contributed by atoms with Gasteiger partial charge in [0.2, 0.25) is 0 Å². The second-order valence-corrected chi connectivity index (χ2v) is 5.98. The Bertz CT molecular complexity index is 1080. The third-order valence-corrected chi connectivity index (χ3v) is 4.11. The minimum absolute atomic E-state index is 0.453. The van der Waals surface area contributed by atoms with Crippen LogP contribution >= 0.6 is 0 Å². The summed E-state index contributed by atoms with van der Waals surface area (Å²) in [5.74, 6) is 0.469. The van der Waals surface area contributed by atoms with Crippen LogP contribution in [0.25, 0.3) is 28.3 Å². The zero-order chi connectivity index (χ0) is 18.3. The van der Waals surface area contributed by atoms with Crippen molar-refractivity contribution in [2.24, 2.45) is 0 Å². The van der Waals surface area contributed by atoms with Gasteiger partial charge in [-0.3, -0.25) is 9.38 Å². The Morgan fingerprint density at radius 2 is 2.00 bits per heavy atom. The van der Waals surface area contributed by atoms with Crippen LogP contribution in [0.4, 0.5) is 14.6 Å². The summed E-state index contributed by atoms with van der Waals surface area (Å²) in [7, 11) is 0. The number of nitrogen functional groups attached to an aromatic ring is 1.